The van der Waals surface area contributed by atoms with Gasteiger partial charge in [-0.25, -0.2) is 12.8 Å². The van der Waals surface area contributed by atoms with Crippen LogP contribution in [0.4, 0.5) is 4.39 Å². The van der Waals surface area contributed by atoms with E-state index in [2.05, 4.69) is 0 Å². The van der Waals surface area contributed by atoms with Gasteiger partial charge in [0.05, 0.1) is 29.0 Å². The highest BCUT2D eigenvalue weighted by Crippen LogP contribution is 2.49. The minimum Gasteiger partial charge on any atom is -0.496 e. The zero-order valence-corrected chi connectivity index (χ0v) is 24.4. The second kappa shape index (κ2) is 9.90. The van der Waals surface area contributed by atoms with Crippen LogP contribution in [0.3, 0.4) is 0 Å². The minimum atomic E-state index is -3.40. The number of hydrogen-bond acceptors (Lipinski definition) is 5. The van der Waals surface area contributed by atoms with Gasteiger partial charge in [-0.05, 0) is 49.0 Å². The van der Waals surface area contributed by atoms with Gasteiger partial charge in [-0.1, -0.05) is 56.3 Å². The number of hydrogen-bond donors (Lipinski definition) is 0. The van der Waals surface area contributed by atoms with E-state index in [9.17, 15) is 18.0 Å². The lowest BCUT2D eigenvalue weighted by Gasteiger charge is -2.18. The Labute approximate surface area is 244 Å². The molecule has 42 heavy (non-hydrogen) atoms. The molecular formula is C34H32FNO5S. The van der Waals surface area contributed by atoms with Gasteiger partial charge in [0.15, 0.2) is 21.4 Å². The van der Waals surface area contributed by atoms with Crippen molar-refractivity contribution in [1.29, 1.82) is 0 Å². The Morgan fingerprint density at radius 3 is 2.67 bits per heavy atom. The fourth-order valence-electron chi connectivity index (χ4n) is 6.47. The molecule has 0 radical (unpaired) electrons. The summed E-state index contributed by atoms with van der Waals surface area (Å²) < 4.78 is 48.8. The number of Topliss-reactive ketones (excluding diaryl/α,β-unsaturated/α-hetero) is 2. The number of carbonyl (C=O) groups excluding carboxylic acids is 2. The van der Waals surface area contributed by atoms with E-state index in [0.717, 1.165) is 11.1 Å². The monoisotopic (exact) mass is 585 g/mol. The number of nitrogens with zero attached hydrogens (tertiary/aromatic N) is 1. The van der Waals surface area contributed by atoms with Crippen LogP contribution in [0, 0.1) is 23.6 Å². The molecule has 0 saturated heterocycles. The number of benzene rings is 2. The first-order valence-corrected chi connectivity index (χ1v) is 16.2. The van der Waals surface area contributed by atoms with E-state index in [1.807, 2.05) is 44.2 Å². The molecule has 2 heterocycles. The van der Waals surface area contributed by atoms with Gasteiger partial charge in [0.1, 0.15) is 12.4 Å². The number of ether oxygens (including phenoxy) is 1. The Bertz CT molecular complexity index is 1860. The molecule has 0 N–H and O–H groups in total. The average molecular weight is 586 g/mol. The molecule has 4 aliphatic rings. The number of ketones is 2. The molecule has 8 heteroatoms. The molecule has 2 aromatic carbocycles. The van der Waals surface area contributed by atoms with E-state index in [1.165, 1.54) is 6.07 Å². The number of halogens is 1. The second-order valence-corrected chi connectivity index (χ2v) is 14.5. The molecule has 0 amide bonds. The summed E-state index contributed by atoms with van der Waals surface area (Å²) in [5, 5.41) is -0.365. The van der Waals surface area contributed by atoms with Crippen molar-refractivity contribution in [3.05, 3.63) is 94.7 Å². The first-order valence-electron chi connectivity index (χ1n) is 14.6. The quantitative estimate of drug-likeness (QED) is 0.305. The van der Waals surface area contributed by atoms with E-state index in [4.69, 9.17) is 4.74 Å². The van der Waals surface area contributed by atoms with Gasteiger partial charge in [-0.2, -0.15) is 0 Å². The van der Waals surface area contributed by atoms with E-state index in [0.29, 0.717) is 40.4 Å². The van der Waals surface area contributed by atoms with Crippen LogP contribution in [0.25, 0.3) is 22.6 Å². The molecule has 0 unspecified atom stereocenters. The van der Waals surface area contributed by atoms with E-state index < -0.39 is 26.8 Å². The molecule has 2 fully saturated rings. The van der Waals surface area contributed by atoms with E-state index >= 15 is 4.39 Å². The summed E-state index contributed by atoms with van der Waals surface area (Å²) in [5.74, 6) is -1.83. The number of aromatic nitrogens is 1. The molecule has 0 spiro atoms. The fourth-order valence-corrected chi connectivity index (χ4v) is 8.81. The zero-order chi connectivity index (χ0) is 29.3. The molecule has 1 aromatic heterocycles. The Balaban J connectivity index is 1.50. The zero-order valence-electron chi connectivity index (χ0n) is 23.5. The van der Waals surface area contributed by atoms with Gasteiger partial charge < -0.3 is 9.30 Å². The van der Waals surface area contributed by atoms with Crippen molar-refractivity contribution in [3.8, 4) is 0 Å². The van der Waals surface area contributed by atoms with Crippen molar-refractivity contribution < 1.29 is 27.1 Å². The lowest BCUT2D eigenvalue weighted by atomic mass is 9.85. The van der Waals surface area contributed by atoms with Crippen molar-refractivity contribution in [2.24, 2.45) is 17.8 Å². The normalized spacial score (nSPS) is 25.1. The van der Waals surface area contributed by atoms with Gasteiger partial charge >= 0.3 is 0 Å². The Kier molecular flexibility index (Phi) is 6.38. The smallest absolute Gasteiger partial charge is 0.184 e. The number of sulfone groups is 1. The predicted molar refractivity (Wildman–Crippen MR) is 160 cm³/mol. The van der Waals surface area contributed by atoms with Crippen LogP contribution in [0.1, 0.15) is 65.9 Å². The topological polar surface area (TPSA) is 82.4 Å². The third kappa shape index (κ3) is 4.30. The number of carbonyl (C=O) groups is 2. The molecule has 0 bridgehead atoms. The van der Waals surface area contributed by atoms with Crippen LogP contribution in [-0.2, 0) is 32.5 Å². The van der Waals surface area contributed by atoms with Gasteiger partial charge in [0.25, 0.3) is 0 Å². The second-order valence-electron chi connectivity index (χ2n) is 12.1. The highest BCUT2D eigenvalue weighted by molar-refractivity contribution is 7.93. The summed E-state index contributed by atoms with van der Waals surface area (Å²) in [6, 6.07) is 10.3. The maximum Gasteiger partial charge on any atom is 0.184 e. The SMILES string of the molecule is C[C@@H]1C=CC=C(c2c(C(=O)[C@@H]3C[C@@H]3S(=O)(=O)C3CC3)n(Cc3ccccc3F)c3ccc4c(c23)COC=C4)C(=O)[C@H]1C. The number of rotatable bonds is 7. The molecule has 216 valence electrons. The summed E-state index contributed by atoms with van der Waals surface area (Å²) >= 11 is 0. The standard InChI is InChI=1S/C34H32FNO5S/c1-19-6-5-8-24(33(37)20(19)2)31-30-26-18-41-15-14-21(26)10-13-28(30)36(17-22-7-3-4-9-27(22)35)32(31)34(38)25-16-29(25)42(39,40)23-11-12-23/h3-10,13-15,19-20,23,25,29H,11-12,16-18H2,1-2H3/t19-,20+,25-,29+/m1/s1. The summed E-state index contributed by atoms with van der Waals surface area (Å²) in [6.45, 7) is 4.17. The highest BCUT2D eigenvalue weighted by Gasteiger charge is 2.57. The molecule has 7 rings (SSSR count). The minimum absolute atomic E-state index is 0.00570. The molecular weight excluding hydrogens is 553 g/mol. The van der Waals surface area contributed by atoms with Crippen molar-refractivity contribution in [3.63, 3.8) is 0 Å². The predicted octanol–water partition coefficient (Wildman–Crippen LogP) is 6.27. The maximum atomic E-state index is 15.1. The van der Waals surface area contributed by atoms with Crippen LogP contribution in [-0.4, -0.2) is 35.1 Å². The lowest BCUT2D eigenvalue weighted by molar-refractivity contribution is -0.117. The third-order valence-corrected chi connectivity index (χ3v) is 12.1. The molecule has 2 saturated carbocycles. The van der Waals surface area contributed by atoms with Crippen molar-refractivity contribution in [1.82, 2.24) is 4.57 Å². The van der Waals surface area contributed by atoms with Gasteiger partial charge in [-0.15, -0.1) is 0 Å². The average Bonchev–Trinajstić information content (AvgIpc) is 3.90. The van der Waals surface area contributed by atoms with E-state index in [1.54, 1.807) is 35.1 Å². The first kappa shape index (κ1) is 27.1. The van der Waals surface area contributed by atoms with Crippen LogP contribution >= 0.6 is 0 Å². The van der Waals surface area contributed by atoms with Gasteiger partial charge in [0.2, 0.25) is 0 Å². The van der Waals surface area contributed by atoms with Crippen molar-refractivity contribution in [2.45, 2.75) is 56.8 Å². The summed E-state index contributed by atoms with van der Waals surface area (Å²) in [5.41, 5.74) is 4.00. The molecule has 3 aromatic rings. The third-order valence-electron chi connectivity index (χ3n) is 9.36. The number of fused-ring (bicyclic) bond motifs is 3. The van der Waals surface area contributed by atoms with Crippen LogP contribution < -0.4 is 0 Å². The molecule has 4 atom stereocenters. The van der Waals surface area contributed by atoms with Crippen molar-refractivity contribution >= 4 is 44.0 Å². The molecule has 6 nitrogen and oxygen atoms in total. The Morgan fingerprint density at radius 2 is 1.90 bits per heavy atom. The van der Waals surface area contributed by atoms with Crippen molar-refractivity contribution in [2.75, 3.05) is 0 Å². The summed E-state index contributed by atoms with van der Waals surface area (Å²) in [6.07, 6.45) is 10.6. The van der Waals surface area contributed by atoms with Crippen LogP contribution in [0.15, 0.2) is 60.9 Å². The van der Waals surface area contributed by atoms with Crippen LogP contribution in [0.5, 0.6) is 0 Å². The molecule has 1 aliphatic heterocycles. The lowest BCUT2D eigenvalue weighted by Crippen LogP contribution is -2.22. The summed E-state index contributed by atoms with van der Waals surface area (Å²) in [7, 11) is -3.40. The Hall–Kier alpha value is -3.78. The first-order chi connectivity index (χ1) is 20.2. The largest absolute Gasteiger partial charge is 0.496 e. The van der Waals surface area contributed by atoms with Gasteiger partial charge in [-0.3, -0.25) is 9.59 Å². The fraction of sp³-hybridized carbons (Fsp3) is 0.353. The number of allylic oxidation sites excluding steroid dienone is 4. The van der Waals surface area contributed by atoms with Crippen LogP contribution in [0.2, 0.25) is 0 Å². The van der Waals surface area contributed by atoms with Gasteiger partial charge in [0, 0.05) is 45.0 Å². The Morgan fingerprint density at radius 1 is 1.12 bits per heavy atom. The molecule has 3 aliphatic carbocycles. The highest BCUT2D eigenvalue weighted by atomic mass is 32.2. The maximum absolute atomic E-state index is 15.1. The van der Waals surface area contributed by atoms with E-state index in [-0.39, 0.29) is 53.9 Å². The summed E-state index contributed by atoms with van der Waals surface area (Å²) in [4.78, 5) is 28.6.